The van der Waals surface area contributed by atoms with E-state index in [0.717, 1.165) is 42.0 Å². The molecule has 2 amide bonds. The molecule has 0 radical (unpaired) electrons. The predicted octanol–water partition coefficient (Wildman–Crippen LogP) is 9.07. The van der Waals surface area contributed by atoms with Gasteiger partial charge in [-0.15, -0.1) is 0 Å². The second-order valence-corrected chi connectivity index (χ2v) is 15.7. The maximum absolute atomic E-state index is 14.9. The Bertz CT molecular complexity index is 2080. The molecule has 1 saturated carbocycles. The topological polar surface area (TPSA) is 96.0 Å². The second kappa shape index (κ2) is 17.8. The van der Waals surface area contributed by atoms with Gasteiger partial charge in [-0.05, 0) is 84.6 Å². The molecule has 0 aliphatic heterocycles. The molecule has 5 aromatic rings. The van der Waals surface area contributed by atoms with Crippen molar-refractivity contribution in [2.24, 2.45) is 0 Å². The van der Waals surface area contributed by atoms with Crippen LogP contribution in [0.2, 0.25) is 10.0 Å². The maximum Gasteiger partial charge on any atom is 0.264 e. The highest BCUT2D eigenvalue weighted by Gasteiger charge is 2.35. The van der Waals surface area contributed by atoms with E-state index in [9.17, 15) is 18.0 Å². The molecule has 1 unspecified atom stereocenters. The fourth-order valence-corrected chi connectivity index (χ4v) is 8.24. The van der Waals surface area contributed by atoms with Crippen molar-refractivity contribution < 1.29 is 22.7 Å². The van der Waals surface area contributed by atoms with Crippen molar-refractivity contribution >= 4 is 50.7 Å². The summed E-state index contributed by atoms with van der Waals surface area (Å²) in [5.41, 5.74) is 1.74. The number of hydrogen-bond acceptors (Lipinski definition) is 5. The van der Waals surface area contributed by atoms with Crippen molar-refractivity contribution in [2.45, 2.75) is 62.0 Å². The van der Waals surface area contributed by atoms with Crippen LogP contribution in [-0.4, -0.2) is 43.8 Å². The Labute approximate surface area is 321 Å². The quantitative estimate of drug-likeness (QED) is 0.122. The zero-order valence-electron chi connectivity index (χ0n) is 29.1. The molecule has 1 aliphatic carbocycles. The van der Waals surface area contributed by atoms with Crippen LogP contribution in [0.1, 0.15) is 43.2 Å². The molecule has 0 saturated heterocycles. The number of carbonyl (C=O) groups is 2. The number of sulfonamides is 1. The summed E-state index contributed by atoms with van der Waals surface area (Å²) in [6, 6.07) is 37.3. The van der Waals surface area contributed by atoms with Crippen LogP contribution in [0, 0.1) is 0 Å². The minimum atomic E-state index is -4.26. The zero-order chi connectivity index (χ0) is 37.2. The van der Waals surface area contributed by atoms with Gasteiger partial charge in [0.15, 0.2) is 0 Å². The number of halogens is 2. The monoisotopic (exact) mass is 769 g/mol. The molecule has 11 heteroatoms. The van der Waals surface area contributed by atoms with E-state index < -0.39 is 28.5 Å². The minimum absolute atomic E-state index is 0.0111. The van der Waals surface area contributed by atoms with Gasteiger partial charge in [0.25, 0.3) is 10.0 Å². The van der Waals surface area contributed by atoms with Crippen LogP contribution < -0.4 is 14.4 Å². The number of carbonyl (C=O) groups excluding carboxylic acids is 2. The number of rotatable bonds is 14. The number of para-hydroxylation sites is 1. The molecule has 8 nitrogen and oxygen atoms in total. The Hall–Kier alpha value is -4.83. The Morgan fingerprint density at radius 1 is 0.717 bits per heavy atom. The van der Waals surface area contributed by atoms with Crippen LogP contribution in [0.5, 0.6) is 11.5 Å². The third-order valence-corrected chi connectivity index (χ3v) is 11.8. The van der Waals surface area contributed by atoms with E-state index in [1.165, 1.54) is 17.0 Å². The Kier molecular flexibility index (Phi) is 12.7. The van der Waals surface area contributed by atoms with E-state index in [2.05, 4.69) is 5.32 Å². The average Bonchev–Trinajstić information content (AvgIpc) is 3.18. The summed E-state index contributed by atoms with van der Waals surface area (Å²) in [5.74, 6) is 0.249. The van der Waals surface area contributed by atoms with Crippen LogP contribution in [0.4, 0.5) is 5.69 Å². The zero-order valence-corrected chi connectivity index (χ0v) is 31.4. The van der Waals surface area contributed by atoms with Crippen molar-refractivity contribution in [3.63, 3.8) is 0 Å². The largest absolute Gasteiger partial charge is 0.457 e. The van der Waals surface area contributed by atoms with Crippen molar-refractivity contribution in [3.8, 4) is 11.5 Å². The van der Waals surface area contributed by atoms with Gasteiger partial charge in [0, 0.05) is 19.0 Å². The van der Waals surface area contributed by atoms with Gasteiger partial charge in [0.05, 0.1) is 20.6 Å². The molecule has 0 bridgehead atoms. The maximum atomic E-state index is 14.9. The van der Waals surface area contributed by atoms with Crippen LogP contribution in [0.25, 0.3) is 0 Å². The predicted molar refractivity (Wildman–Crippen MR) is 210 cm³/mol. The highest BCUT2D eigenvalue weighted by Crippen LogP contribution is 2.30. The van der Waals surface area contributed by atoms with E-state index in [4.69, 9.17) is 27.9 Å². The molecule has 1 N–H and O–H groups in total. The van der Waals surface area contributed by atoms with Crippen molar-refractivity contribution in [1.82, 2.24) is 10.2 Å². The van der Waals surface area contributed by atoms with Gasteiger partial charge in [0.1, 0.15) is 24.1 Å². The highest BCUT2D eigenvalue weighted by atomic mass is 35.5. The summed E-state index contributed by atoms with van der Waals surface area (Å²) in [6.45, 7) is -0.603. The van der Waals surface area contributed by atoms with Crippen molar-refractivity contribution in [1.29, 1.82) is 0 Å². The highest BCUT2D eigenvalue weighted by molar-refractivity contribution is 7.92. The molecule has 53 heavy (non-hydrogen) atoms. The normalized spacial score (nSPS) is 13.8. The van der Waals surface area contributed by atoms with Gasteiger partial charge < -0.3 is 15.0 Å². The van der Waals surface area contributed by atoms with E-state index >= 15 is 0 Å². The number of hydrogen-bond donors (Lipinski definition) is 1. The molecule has 0 heterocycles. The molecule has 274 valence electrons. The van der Waals surface area contributed by atoms with Gasteiger partial charge in [0.2, 0.25) is 11.8 Å². The summed E-state index contributed by atoms with van der Waals surface area (Å²) < 4.78 is 35.8. The number of amides is 2. The van der Waals surface area contributed by atoms with E-state index in [0.29, 0.717) is 27.1 Å². The van der Waals surface area contributed by atoms with E-state index in [-0.39, 0.29) is 35.5 Å². The smallest absolute Gasteiger partial charge is 0.264 e. The van der Waals surface area contributed by atoms with Gasteiger partial charge in [-0.3, -0.25) is 13.9 Å². The van der Waals surface area contributed by atoms with Gasteiger partial charge in [-0.2, -0.15) is 0 Å². The summed E-state index contributed by atoms with van der Waals surface area (Å²) in [4.78, 5) is 30.7. The first-order valence-electron chi connectivity index (χ1n) is 17.7. The SMILES string of the molecule is O=C(NC1CCCCC1)C(Cc1ccccc1)N(Cc1ccc(Cl)c(Cl)c1)C(=O)CN(c1ccc(Oc2ccccc2)cc1)S(=O)(=O)c1ccccc1. The Morgan fingerprint density at radius 3 is 1.96 bits per heavy atom. The lowest BCUT2D eigenvalue weighted by Crippen LogP contribution is -2.55. The lowest BCUT2D eigenvalue weighted by Gasteiger charge is -2.35. The van der Waals surface area contributed by atoms with Crippen molar-refractivity contribution in [3.05, 3.63) is 155 Å². The summed E-state index contributed by atoms with van der Waals surface area (Å²) in [5, 5.41) is 3.87. The fraction of sp³-hybridized carbons (Fsp3) is 0.238. The molecule has 0 spiro atoms. The molecule has 6 rings (SSSR count). The van der Waals surface area contributed by atoms with Gasteiger partial charge in [-0.1, -0.05) is 115 Å². The molecule has 1 atom stereocenters. The summed E-state index contributed by atoms with van der Waals surface area (Å²) >= 11 is 12.7. The average molecular weight is 771 g/mol. The Balaban J connectivity index is 1.39. The van der Waals surface area contributed by atoms with Crippen LogP contribution >= 0.6 is 23.2 Å². The van der Waals surface area contributed by atoms with Crippen molar-refractivity contribution in [2.75, 3.05) is 10.8 Å². The first-order chi connectivity index (χ1) is 25.7. The fourth-order valence-electron chi connectivity index (χ4n) is 6.49. The number of benzene rings is 5. The molecule has 5 aromatic carbocycles. The van der Waals surface area contributed by atoms with Crippen LogP contribution in [-0.2, 0) is 32.6 Å². The molecule has 0 aromatic heterocycles. The molecular formula is C42H41Cl2N3O5S. The third kappa shape index (κ3) is 9.99. The lowest BCUT2D eigenvalue weighted by molar-refractivity contribution is -0.140. The third-order valence-electron chi connectivity index (χ3n) is 9.27. The summed E-state index contributed by atoms with van der Waals surface area (Å²) in [6.07, 6.45) is 5.08. The molecular weight excluding hydrogens is 729 g/mol. The summed E-state index contributed by atoms with van der Waals surface area (Å²) in [7, 11) is -4.26. The van der Waals surface area contributed by atoms with Crippen LogP contribution in [0.3, 0.4) is 0 Å². The molecule has 1 aliphatic rings. The first-order valence-corrected chi connectivity index (χ1v) is 19.9. The van der Waals surface area contributed by atoms with Crippen LogP contribution in [0.15, 0.2) is 138 Å². The van der Waals surface area contributed by atoms with Gasteiger partial charge in [-0.25, -0.2) is 8.42 Å². The number of nitrogens with one attached hydrogen (secondary N) is 1. The number of anilines is 1. The van der Waals surface area contributed by atoms with E-state index in [1.54, 1.807) is 60.7 Å². The molecule has 1 fully saturated rings. The van der Waals surface area contributed by atoms with E-state index in [1.807, 2.05) is 60.7 Å². The lowest BCUT2D eigenvalue weighted by atomic mass is 9.94. The second-order valence-electron chi connectivity index (χ2n) is 13.1. The number of ether oxygens (including phenoxy) is 1. The Morgan fingerprint density at radius 2 is 1.32 bits per heavy atom. The standard InChI is InChI=1S/C42H41Cl2N3O5S/c43-38-26-21-32(27-39(38)44)29-46(40(28-31-13-5-1-6-14-31)42(49)45-33-15-7-2-8-16-33)41(48)30-47(53(50,51)37-19-11-4-12-20-37)34-22-24-36(25-23-34)52-35-17-9-3-10-18-35/h1,3-6,9-14,17-27,33,40H,2,7-8,15-16,28-30H2,(H,45,49). The van der Waals surface area contributed by atoms with Gasteiger partial charge >= 0.3 is 0 Å². The minimum Gasteiger partial charge on any atom is -0.457 e. The first kappa shape index (κ1) is 37.9. The number of nitrogens with zero attached hydrogens (tertiary/aromatic N) is 2.